The van der Waals surface area contributed by atoms with Gasteiger partial charge in [-0.25, -0.2) is 0 Å². The maximum atomic E-state index is 4.05. The molecule has 1 aliphatic rings. The highest BCUT2D eigenvalue weighted by Gasteiger charge is 2.39. The summed E-state index contributed by atoms with van der Waals surface area (Å²) in [6, 6.07) is 24.9. The highest BCUT2D eigenvalue weighted by molar-refractivity contribution is 5.83. The topological polar surface area (TPSA) is 46.9 Å². The third kappa shape index (κ3) is 4.38. The molecule has 0 radical (unpaired) electrons. The van der Waals surface area contributed by atoms with Crippen LogP contribution in [0.5, 0.6) is 0 Å². The van der Waals surface area contributed by atoms with Crippen LogP contribution in [-0.2, 0) is 12.0 Å². The van der Waals surface area contributed by atoms with Crippen molar-refractivity contribution in [2.24, 2.45) is 0 Å². The van der Waals surface area contributed by atoms with Crippen LogP contribution in [0.25, 0.3) is 10.9 Å². The van der Waals surface area contributed by atoms with E-state index in [1.54, 1.807) is 0 Å². The second-order valence-electron chi connectivity index (χ2n) is 9.95. The highest BCUT2D eigenvalue weighted by Crippen LogP contribution is 2.41. The van der Waals surface area contributed by atoms with Crippen LogP contribution >= 0.6 is 0 Å². The predicted octanol–water partition coefficient (Wildman–Crippen LogP) is 6.08. The largest absolute Gasteiger partial charge is 0.361 e. The lowest BCUT2D eigenvalue weighted by Crippen LogP contribution is -2.48. The third-order valence-electron chi connectivity index (χ3n) is 7.75. The van der Waals surface area contributed by atoms with Crippen molar-refractivity contribution in [1.82, 2.24) is 20.2 Å². The van der Waals surface area contributed by atoms with Gasteiger partial charge in [-0.1, -0.05) is 48.5 Å². The average Bonchev–Trinajstić information content (AvgIpc) is 3.46. The number of nitrogens with zero attached hydrogens (tertiary/aromatic N) is 1. The molecule has 2 aromatic carbocycles. The fourth-order valence-corrected chi connectivity index (χ4v) is 5.80. The van der Waals surface area contributed by atoms with Gasteiger partial charge in [0, 0.05) is 40.1 Å². The van der Waals surface area contributed by atoms with E-state index < -0.39 is 0 Å². The Bertz CT molecular complexity index is 1180. The fourth-order valence-electron chi connectivity index (χ4n) is 5.80. The fraction of sp³-hybridized carbons (Fsp3) is 0.379. The van der Waals surface area contributed by atoms with Gasteiger partial charge in [0.25, 0.3) is 0 Å². The van der Waals surface area contributed by atoms with E-state index in [4.69, 9.17) is 0 Å². The Morgan fingerprint density at radius 1 is 0.970 bits per heavy atom. The molecule has 33 heavy (non-hydrogen) atoms. The molecule has 5 rings (SSSR count). The van der Waals surface area contributed by atoms with Gasteiger partial charge in [-0.2, -0.15) is 0 Å². The van der Waals surface area contributed by atoms with Gasteiger partial charge >= 0.3 is 0 Å². The van der Waals surface area contributed by atoms with Crippen LogP contribution in [0, 0.1) is 6.92 Å². The quantitative estimate of drug-likeness (QED) is 0.326. The first-order valence-corrected chi connectivity index (χ1v) is 12.2. The first-order chi connectivity index (χ1) is 16.0. The van der Waals surface area contributed by atoms with Gasteiger partial charge in [0.05, 0.1) is 6.04 Å². The molecule has 1 atom stereocenters. The SMILES string of the molecule is Cc1ccc([C@H](Cc2c[nH]c3ccccc23)NC2CCC(c3ccccc3)(N(C)C)CC2)[nH]1. The van der Waals surface area contributed by atoms with E-state index in [1.807, 2.05) is 0 Å². The molecular formula is C29H36N4. The summed E-state index contributed by atoms with van der Waals surface area (Å²) in [5.74, 6) is 0. The molecular weight excluding hydrogens is 404 g/mol. The van der Waals surface area contributed by atoms with Crippen molar-refractivity contribution >= 4 is 10.9 Å². The summed E-state index contributed by atoms with van der Waals surface area (Å²) in [6.07, 6.45) is 7.85. The van der Waals surface area contributed by atoms with Crippen LogP contribution in [0.1, 0.15) is 54.2 Å². The summed E-state index contributed by atoms with van der Waals surface area (Å²) in [7, 11) is 4.48. The molecule has 0 spiro atoms. The zero-order valence-corrected chi connectivity index (χ0v) is 20.1. The monoisotopic (exact) mass is 440 g/mol. The molecule has 0 bridgehead atoms. The highest BCUT2D eigenvalue weighted by atomic mass is 15.2. The van der Waals surface area contributed by atoms with Gasteiger partial charge in [-0.15, -0.1) is 0 Å². The number of aromatic nitrogens is 2. The van der Waals surface area contributed by atoms with Gasteiger partial charge in [0.1, 0.15) is 0 Å². The summed E-state index contributed by atoms with van der Waals surface area (Å²) in [5, 5.41) is 5.38. The number of fused-ring (bicyclic) bond motifs is 1. The molecule has 0 amide bonds. The molecule has 0 aliphatic heterocycles. The van der Waals surface area contributed by atoms with E-state index in [-0.39, 0.29) is 11.6 Å². The van der Waals surface area contributed by atoms with Crippen LogP contribution in [0.3, 0.4) is 0 Å². The normalized spacial score (nSPS) is 22.1. The summed E-state index contributed by atoms with van der Waals surface area (Å²) < 4.78 is 0. The van der Waals surface area contributed by atoms with Gasteiger partial charge in [0.2, 0.25) is 0 Å². The Labute approximate surface area is 197 Å². The Balaban J connectivity index is 1.35. The Morgan fingerprint density at radius 2 is 1.70 bits per heavy atom. The minimum Gasteiger partial charge on any atom is -0.361 e. The number of H-pyrrole nitrogens is 2. The van der Waals surface area contributed by atoms with Gasteiger partial charge in [-0.3, -0.25) is 4.90 Å². The summed E-state index contributed by atoms with van der Waals surface area (Å²) in [6.45, 7) is 2.14. The molecule has 4 aromatic rings. The van der Waals surface area contributed by atoms with Crippen molar-refractivity contribution in [2.45, 2.75) is 56.7 Å². The lowest BCUT2D eigenvalue weighted by molar-refractivity contribution is 0.0831. The van der Waals surface area contributed by atoms with E-state index in [0.29, 0.717) is 6.04 Å². The summed E-state index contributed by atoms with van der Waals surface area (Å²) in [5.41, 5.74) is 6.67. The van der Waals surface area contributed by atoms with Crippen LogP contribution in [-0.4, -0.2) is 35.0 Å². The number of nitrogens with one attached hydrogen (secondary N) is 3. The first kappa shape index (κ1) is 22.0. The number of hydrogen-bond donors (Lipinski definition) is 3. The Hall–Kier alpha value is -2.82. The minimum atomic E-state index is 0.134. The molecule has 1 fully saturated rings. The minimum absolute atomic E-state index is 0.134. The van der Waals surface area contributed by atoms with Crippen LogP contribution < -0.4 is 5.32 Å². The van der Waals surface area contributed by atoms with Crippen LogP contribution in [0.15, 0.2) is 72.9 Å². The van der Waals surface area contributed by atoms with Crippen molar-refractivity contribution < 1.29 is 0 Å². The smallest absolute Gasteiger partial charge is 0.0516 e. The van der Waals surface area contributed by atoms with E-state index in [0.717, 1.165) is 6.42 Å². The van der Waals surface area contributed by atoms with Crippen LogP contribution in [0.4, 0.5) is 0 Å². The predicted molar refractivity (Wildman–Crippen MR) is 137 cm³/mol. The lowest BCUT2D eigenvalue weighted by Gasteiger charge is -2.46. The van der Waals surface area contributed by atoms with Crippen molar-refractivity contribution in [3.05, 3.63) is 95.4 Å². The first-order valence-electron chi connectivity index (χ1n) is 12.2. The van der Waals surface area contributed by atoms with Gasteiger partial charge in [0.15, 0.2) is 0 Å². The number of para-hydroxylation sites is 1. The Morgan fingerprint density at radius 3 is 2.39 bits per heavy atom. The van der Waals surface area contributed by atoms with Crippen molar-refractivity contribution in [3.8, 4) is 0 Å². The standard InChI is InChI=1S/C29H36N4/c1-21-13-14-27(31-21)28(19-22-20-30-26-12-8-7-11-25(22)26)32-24-15-17-29(18-16-24,33(2)3)23-9-5-4-6-10-23/h4-14,20,24,28,30-32H,15-19H2,1-3H3/t24?,28-,29?/m0/s1. The number of benzene rings is 2. The zero-order valence-electron chi connectivity index (χ0n) is 20.1. The number of aryl methyl sites for hydroxylation is 1. The second-order valence-corrected chi connectivity index (χ2v) is 9.95. The summed E-state index contributed by atoms with van der Waals surface area (Å²) in [4.78, 5) is 9.50. The zero-order chi connectivity index (χ0) is 22.8. The van der Waals surface area contributed by atoms with Crippen molar-refractivity contribution in [1.29, 1.82) is 0 Å². The number of aromatic amines is 2. The molecule has 0 saturated heterocycles. The van der Waals surface area contributed by atoms with Gasteiger partial charge < -0.3 is 15.3 Å². The average molecular weight is 441 g/mol. The maximum Gasteiger partial charge on any atom is 0.0516 e. The molecule has 4 heteroatoms. The molecule has 1 saturated carbocycles. The molecule has 172 valence electrons. The molecule has 2 aromatic heterocycles. The molecule has 0 unspecified atom stereocenters. The second kappa shape index (κ2) is 9.20. The van der Waals surface area contributed by atoms with E-state index in [9.17, 15) is 0 Å². The molecule has 4 nitrogen and oxygen atoms in total. The van der Waals surface area contributed by atoms with E-state index in [2.05, 4.69) is 114 Å². The van der Waals surface area contributed by atoms with E-state index in [1.165, 1.54) is 59.1 Å². The summed E-state index contributed by atoms with van der Waals surface area (Å²) >= 11 is 0. The third-order valence-corrected chi connectivity index (χ3v) is 7.75. The van der Waals surface area contributed by atoms with Crippen molar-refractivity contribution in [3.63, 3.8) is 0 Å². The molecule has 2 heterocycles. The lowest BCUT2D eigenvalue weighted by atomic mass is 9.74. The number of hydrogen-bond acceptors (Lipinski definition) is 2. The molecule has 1 aliphatic carbocycles. The number of rotatable bonds is 7. The maximum absolute atomic E-state index is 4.05. The van der Waals surface area contributed by atoms with Crippen LogP contribution in [0.2, 0.25) is 0 Å². The molecule has 3 N–H and O–H groups in total. The Kier molecular flexibility index (Phi) is 6.13. The van der Waals surface area contributed by atoms with Crippen molar-refractivity contribution in [2.75, 3.05) is 14.1 Å². The van der Waals surface area contributed by atoms with E-state index >= 15 is 0 Å². The van der Waals surface area contributed by atoms with Gasteiger partial charge in [-0.05, 0) is 82.4 Å².